The second-order valence-corrected chi connectivity index (χ2v) is 11.7. The number of anilines is 1. The molecule has 4 aromatic rings. The zero-order chi connectivity index (χ0) is 29.1. The molecule has 6 rings (SSSR count). The van der Waals surface area contributed by atoms with Gasteiger partial charge in [-0.1, -0.05) is 53.6 Å². The Morgan fingerprint density at radius 1 is 1.00 bits per heavy atom. The quantitative estimate of drug-likeness (QED) is 0.263. The number of pyridine rings is 2. The smallest absolute Gasteiger partial charge is 0.322 e. The van der Waals surface area contributed by atoms with E-state index in [1.807, 2.05) is 53.4 Å². The fourth-order valence-electron chi connectivity index (χ4n) is 5.96. The highest BCUT2D eigenvalue weighted by Gasteiger charge is 2.46. The molecule has 2 aromatic carbocycles. The number of piperidine rings is 1. The molecule has 4 heterocycles. The van der Waals surface area contributed by atoms with Crippen LogP contribution in [0.15, 0.2) is 96.1 Å². The molecule has 0 radical (unpaired) electrons. The van der Waals surface area contributed by atoms with E-state index in [0.29, 0.717) is 18.2 Å². The molecule has 2 amide bonds. The number of likely N-dealkylation sites (tertiary alicyclic amines) is 1. The number of amides is 2. The van der Waals surface area contributed by atoms with Crippen molar-refractivity contribution in [2.75, 3.05) is 31.1 Å². The molecule has 42 heavy (non-hydrogen) atoms. The van der Waals surface area contributed by atoms with Crippen LogP contribution in [0.3, 0.4) is 0 Å². The van der Waals surface area contributed by atoms with E-state index in [-0.39, 0.29) is 17.0 Å². The van der Waals surface area contributed by atoms with Crippen LogP contribution in [-0.4, -0.2) is 46.7 Å². The van der Waals surface area contributed by atoms with Crippen LogP contribution >= 0.6 is 23.2 Å². The first-order chi connectivity index (χ1) is 20.4. The van der Waals surface area contributed by atoms with Crippen LogP contribution in [0.1, 0.15) is 29.5 Å². The van der Waals surface area contributed by atoms with Crippen LogP contribution in [0.2, 0.25) is 10.2 Å². The van der Waals surface area contributed by atoms with Gasteiger partial charge in [0.1, 0.15) is 5.15 Å². The molecule has 1 N–H and O–H groups in total. The Balaban J connectivity index is 1.22. The molecule has 1 saturated heterocycles. The van der Waals surface area contributed by atoms with Gasteiger partial charge in [-0.15, -0.1) is 0 Å². The number of hydrogen-bond donors (Lipinski definition) is 1. The normalized spacial score (nSPS) is 16.2. The van der Waals surface area contributed by atoms with Crippen molar-refractivity contribution < 1.29 is 4.79 Å². The molecule has 0 atom stereocenters. The number of fused-ring (bicyclic) bond motifs is 2. The van der Waals surface area contributed by atoms with Crippen LogP contribution in [0, 0.1) is 0 Å². The van der Waals surface area contributed by atoms with E-state index in [1.165, 1.54) is 0 Å². The van der Waals surface area contributed by atoms with Crippen LogP contribution in [0.5, 0.6) is 0 Å². The van der Waals surface area contributed by atoms with Crippen molar-refractivity contribution >= 4 is 41.0 Å². The topological polar surface area (TPSA) is 70.5 Å². The second-order valence-electron chi connectivity index (χ2n) is 10.9. The molecule has 1 spiro atoms. The van der Waals surface area contributed by atoms with Crippen LogP contribution < -0.4 is 15.8 Å². The maximum absolute atomic E-state index is 13.5. The fraction of sp³-hybridized carbons (Fsp3) is 0.242. The Hall–Kier alpha value is -3.91. The number of nitrogens with zero attached hydrogens (tertiary/aromatic N) is 4. The Morgan fingerprint density at radius 3 is 2.57 bits per heavy atom. The number of halogens is 2. The first-order valence-electron chi connectivity index (χ1n) is 14.0. The predicted molar refractivity (Wildman–Crippen MR) is 169 cm³/mol. The average molecular weight is 601 g/mol. The molecule has 0 unspecified atom stereocenters. The summed E-state index contributed by atoms with van der Waals surface area (Å²) in [4.78, 5) is 34.5. The van der Waals surface area contributed by atoms with Gasteiger partial charge in [-0.25, -0.2) is 9.78 Å². The number of urea groups is 1. The SMILES string of the molecule is O=C(NCc1ccnc(Cl)c1)N1CC2(CCN(C/C=C/c3ccc(Cl)cc3)CC2)c2cc(-n3ccccc3=O)ccc21. The fourth-order valence-corrected chi connectivity index (χ4v) is 6.28. The van der Waals surface area contributed by atoms with Crippen molar-refractivity contribution in [3.63, 3.8) is 0 Å². The van der Waals surface area contributed by atoms with E-state index >= 15 is 0 Å². The molecule has 2 aromatic heterocycles. The summed E-state index contributed by atoms with van der Waals surface area (Å²) in [6.45, 7) is 3.61. The third-order valence-corrected chi connectivity index (χ3v) is 8.70. The van der Waals surface area contributed by atoms with E-state index in [2.05, 4.69) is 33.4 Å². The maximum Gasteiger partial charge on any atom is 0.322 e. The number of carbonyl (C=O) groups excluding carboxylic acids is 1. The molecule has 9 heteroatoms. The summed E-state index contributed by atoms with van der Waals surface area (Å²) in [6.07, 6.45) is 9.55. The molecular weight excluding hydrogens is 569 g/mol. The van der Waals surface area contributed by atoms with E-state index in [0.717, 1.165) is 65.6 Å². The van der Waals surface area contributed by atoms with Crippen molar-refractivity contribution in [2.45, 2.75) is 24.8 Å². The van der Waals surface area contributed by atoms with Gasteiger partial charge in [-0.2, -0.15) is 0 Å². The number of nitrogens with one attached hydrogen (secondary N) is 1. The minimum Gasteiger partial charge on any atom is -0.334 e. The molecule has 0 aliphatic carbocycles. The van der Waals surface area contributed by atoms with Gasteiger partial charge in [-0.3, -0.25) is 19.2 Å². The van der Waals surface area contributed by atoms with Gasteiger partial charge in [-0.05, 0) is 91.2 Å². The Labute approximate surface area is 255 Å². The first kappa shape index (κ1) is 28.2. The van der Waals surface area contributed by atoms with Crippen LogP contribution in [0.4, 0.5) is 10.5 Å². The summed E-state index contributed by atoms with van der Waals surface area (Å²) in [7, 11) is 0. The van der Waals surface area contributed by atoms with Crippen molar-refractivity contribution in [1.82, 2.24) is 19.8 Å². The number of carbonyl (C=O) groups is 1. The van der Waals surface area contributed by atoms with Crippen LogP contribution in [0.25, 0.3) is 11.8 Å². The first-order valence-corrected chi connectivity index (χ1v) is 14.8. The minimum atomic E-state index is -0.197. The number of aromatic nitrogens is 2. The summed E-state index contributed by atoms with van der Waals surface area (Å²) in [6, 6.07) is 22.4. The van der Waals surface area contributed by atoms with Gasteiger partial charge in [0.05, 0.1) is 0 Å². The predicted octanol–water partition coefficient (Wildman–Crippen LogP) is 6.32. The lowest BCUT2D eigenvalue weighted by Crippen LogP contribution is -2.47. The van der Waals surface area contributed by atoms with Crippen molar-refractivity contribution in [3.05, 3.63) is 128 Å². The van der Waals surface area contributed by atoms with Gasteiger partial charge in [0.2, 0.25) is 0 Å². The zero-order valence-electron chi connectivity index (χ0n) is 23.0. The lowest BCUT2D eigenvalue weighted by Gasteiger charge is -2.39. The molecule has 7 nitrogen and oxygen atoms in total. The zero-order valence-corrected chi connectivity index (χ0v) is 24.6. The minimum absolute atomic E-state index is 0.0857. The standard InChI is InChI=1S/C33H31Cl2N5O2/c34-26-8-6-24(7-9-26)4-3-16-38-18-13-33(14-19-38)23-40(32(42)37-22-25-12-15-36-30(35)20-25)29-11-10-27(21-28(29)33)39-17-2-1-5-31(39)41/h1-12,15,17,20-21H,13-14,16,18-19,22-23H2,(H,37,42)/b4-3+. The van der Waals surface area contributed by atoms with Gasteiger partial charge in [0.15, 0.2) is 0 Å². The van der Waals surface area contributed by atoms with E-state index < -0.39 is 0 Å². The second kappa shape index (κ2) is 12.1. The number of rotatable bonds is 6. The molecule has 0 saturated carbocycles. The van der Waals surface area contributed by atoms with Crippen molar-refractivity contribution in [1.29, 1.82) is 0 Å². The van der Waals surface area contributed by atoms with Gasteiger partial charge < -0.3 is 5.32 Å². The Kier molecular flexibility index (Phi) is 8.16. The Morgan fingerprint density at radius 2 is 1.81 bits per heavy atom. The van der Waals surface area contributed by atoms with Gasteiger partial charge in [0.25, 0.3) is 5.56 Å². The highest BCUT2D eigenvalue weighted by molar-refractivity contribution is 6.30. The third kappa shape index (κ3) is 6.00. The van der Waals surface area contributed by atoms with E-state index in [9.17, 15) is 9.59 Å². The Bertz CT molecular complexity index is 1680. The summed E-state index contributed by atoms with van der Waals surface area (Å²) in [5.74, 6) is 0. The van der Waals surface area contributed by atoms with Crippen molar-refractivity contribution in [3.8, 4) is 5.69 Å². The summed E-state index contributed by atoms with van der Waals surface area (Å²) < 4.78 is 1.65. The molecule has 1 fully saturated rings. The molecular formula is C33H31Cl2N5O2. The van der Waals surface area contributed by atoms with Crippen LogP contribution in [-0.2, 0) is 12.0 Å². The van der Waals surface area contributed by atoms with E-state index in [4.69, 9.17) is 23.2 Å². The summed E-state index contributed by atoms with van der Waals surface area (Å²) >= 11 is 12.0. The molecule has 2 aliphatic rings. The van der Waals surface area contributed by atoms with Gasteiger partial charge >= 0.3 is 6.03 Å². The average Bonchev–Trinajstić information content (AvgIpc) is 3.31. The molecule has 214 valence electrons. The number of hydrogen-bond acceptors (Lipinski definition) is 4. The monoisotopic (exact) mass is 599 g/mol. The number of benzene rings is 2. The summed E-state index contributed by atoms with van der Waals surface area (Å²) in [5, 5.41) is 4.19. The highest BCUT2D eigenvalue weighted by atomic mass is 35.5. The third-order valence-electron chi connectivity index (χ3n) is 8.24. The van der Waals surface area contributed by atoms with E-state index in [1.54, 1.807) is 35.2 Å². The highest BCUT2D eigenvalue weighted by Crippen LogP contribution is 2.47. The lowest BCUT2D eigenvalue weighted by atomic mass is 9.74. The molecule has 0 bridgehead atoms. The maximum atomic E-state index is 13.5. The van der Waals surface area contributed by atoms with Crippen molar-refractivity contribution in [2.24, 2.45) is 0 Å². The van der Waals surface area contributed by atoms with Gasteiger partial charge in [0, 0.05) is 59.9 Å². The lowest BCUT2D eigenvalue weighted by molar-refractivity contribution is 0.180. The largest absolute Gasteiger partial charge is 0.334 e. The summed E-state index contributed by atoms with van der Waals surface area (Å²) in [5.41, 5.74) is 4.54. The molecule has 2 aliphatic heterocycles.